The van der Waals surface area contributed by atoms with Crippen molar-refractivity contribution in [3.8, 4) is 0 Å². The van der Waals surface area contributed by atoms with Crippen LogP contribution in [0.1, 0.15) is 11.1 Å². The molecule has 0 aliphatic heterocycles. The lowest BCUT2D eigenvalue weighted by Gasteiger charge is -2.08. The van der Waals surface area contributed by atoms with Gasteiger partial charge in [-0.05, 0) is 24.1 Å². The fourth-order valence-electron chi connectivity index (χ4n) is 1.72. The van der Waals surface area contributed by atoms with Crippen LogP contribution in [0.25, 0.3) is 0 Å². The van der Waals surface area contributed by atoms with Gasteiger partial charge in [-0.25, -0.2) is 17.9 Å². The number of rotatable bonds is 6. The van der Waals surface area contributed by atoms with E-state index in [0.717, 1.165) is 16.9 Å². The summed E-state index contributed by atoms with van der Waals surface area (Å²) in [6.45, 7) is 0.255. The Hall–Kier alpha value is -1.90. The minimum Gasteiger partial charge on any atom is -0.445 e. The molecule has 0 spiro atoms. The largest absolute Gasteiger partial charge is 0.445 e. The Labute approximate surface area is 133 Å². The Balaban J connectivity index is 1.88. The SMILES string of the molecule is CNS(=O)(=O)c1sccc1CNC(=O)OCc1ccccc1. The van der Waals surface area contributed by atoms with Gasteiger partial charge in [0.05, 0.1) is 0 Å². The molecule has 1 aromatic heterocycles. The highest BCUT2D eigenvalue weighted by Crippen LogP contribution is 2.22. The Morgan fingerprint density at radius 1 is 1.23 bits per heavy atom. The molecular weight excluding hydrogens is 324 g/mol. The van der Waals surface area contributed by atoms with E-state index in [2.05, 4.69) is 10.0 Å². The third-order valence-electron chi connectivity index (χ3n) is 2.86. The van der Waals surface area contributed by atoms with Gasteiger partial charge in [-0.3, -0.25) is 0 Å². The Morgan fingerprint density at radius 2 is 1.95 bits per heavy atom. The molecule has 118 valence electrons. The van der Waals surface area contributed by atoms with Gasteiger partial charge in [0.25, 0.3) is 0 Å². The van der Waals surface area contributed by atoms with E-state index >= 15 is 0 Å². The van der Waals surface area contributed by atoms with Crippen LogP contribution >= 0.6 is 11.3 Å². The van der Waals surface area contributed by atoms with Gasteiger partial charge < -0.3 is 10.1 Å². The number of sulfonamides is 1. The second-order valence-electron chi connectivity index (χ2n) is 4.36. The molecular formula is C14H16N2O4S2. The summed E-state index contributed by atoms with van der Waals surface area (Å²) in [5, 5.41) is 4.21. The fraction of sp³-hybridized carbons (Fsp3) is 0.214. The predicted octanol–water partition coefficient (Wildman–Crippen LogP) is 2.08. The molecule has 0 bridgehead atoms. The lowest BCUT2D eigenvalue weighted by Crippen LogP contribution is -2.25. The van der Waals surface area contributed by atoms with Gasteiger partial charge in [-0.1, -0.05) is 30.3 Å². The highest BCUT2D eigenvalue weighted by Gasteiger charge is 2.18. The van der Waals surface area contributed by atoms with Gasteiger partial charge in [-0.2, -0.15) is 0 Å². The molecule has 1 amide bonds. The van der Waals surface area contributed by atoms with Crippen LogP contribution in [0.5, 0.6) is 0 Å². The first-order chi connectivity index (χ1) is 10.5. The third-order valence-corrected chi connectivity index (χ3v) is 5.84. The molecule has 0 saturated carbocycles. The molecule has 2 rings (SSSR count). The monoisotopic (exact) mass is 340 g/mol. The molecule has 0 aliphatic rings. The molecule has 6 nitrogen and oxygen atoms in total. The van der Waals surface area contributed by atoms with Crippen molar-refractivity contribution in [3.05, 3.63) is 52.9 Å². The summed E-state index contributed by atoms with van der Waals surface area (Å²) in [6, 6.07) is 11.0. The molecule has 2 N–H and O–H groups in total. The summed E-state index contributed by atoms with van der Waals surface area (Å²) in [5.74, 6) is 0. The first-order valence-electron chi connectivity index (χ1n) is 6.47. The van der Waals surface area contributed by atoms with E-state index in [1.165, 1.54) is 7.05 Å². The van der Waals surface area contributed by atoms with E-state index in [1.807, 2.05) is 30.3 Å². The smallest absolute Gasteiger partial charge is 0.407 e. The Bertz CT molecular complexity index is 726. The Morgan fingerprint density at radius 3 is 2.64 bits per heavy atom. The Kier molecular flexibility index (Phi) is 5.53. The zero-order chi connectivity index (χ0) is 16.0. The third kappa shape index (κ3) is 4.30. The quantitative estimate of drug-likeness (QED) is 0.843. The van der Waals surface area contributed by atoms with Crippen molar-refractivity contribution in [2.75, 3.05) is 7.05 Å². The number of benzene rings is 1. The van der Waals surface area contributed by atoms with Crippen molar-refractivity contribution in [2.24, 2.45) is 0 Å². The lowest BCUT2D eigenvalue weighted by atomic mass is 10.2. The minimum absolute atomic E-state index is 0.0906. The number of hydrogen-bond donors (Lipinski definition) is 2. The van der Waals surface area contributed by atoms with E-state index in [1.54, 1.807) is 11.4 Å². The predicted molar refractivity (Wildman–Crippen MR) is 84.0 cm³/mol. The average Bonchev–Trinajstić information content (AvgIpc) is 3.01. The molecule has 0 aliphatic carbocycles. The van der Waals surface area contributed by atoms with Gasteiger partial charge >= 0.3 is 6.09 Å². The van der Waals surface area contributed by atoms with Crippen LogP contribution in [0.15, 0.2) is 46.0 Å². The van der Waals surface area contributed by atoms with E-state index < -0.39 is 16.1 Å². The van der Waals surface area contributed by atoms with Crippen LogP contribution in [0.4, 0.5) is 4.79 Å². The van der Waals surface area contributed by atoms with E-state index in [0.29, 0.717) is 5.56 Å². The van der Waals surface area contributed by atoms with Crippen molar-refractivity contribution in [1.29, 1.82) is 0 Å². The second-order valence-corrected chi connectivity index (χ2v) is 7.35. The molecule has 0 saturated heterocycles. The minimum atomic E-state index is -3.51. The normalized spacial score (nSPS) is 11.1. The summed E-state index contributed by atoms with van der Waals surface area (Å²) in [5.41, 5.74) is 1.41. The molecule has 0 radical (unpaired) electrons. The maximum atomic E-state index is 11.8. The topological polar surface area (TPSA) is 84.5 Å². The number of ether oxygens (including phenoxy) is 1. The summed E-state index contributed by atoms with van der Waals surface area (Å²) in [4.78, 5) is 11.6. The van der Waals surface area contributed by atoms with Crippen LogP contribution in [0, 0.1) is 0 Å². The van der Waals surface area contributed by atoms with Crippen molar-refractivity contribution in [1.82, 2.24) is 10.0 Å². The second kappa shape index (κ2) is 7.39. The van der Waals surface area contributed by atoms with Crippen molar-refractivity contribution in [2.45, 2.75) is 17.4 Å². The van der Waals surface area contributed by atoms with Crippen LogP contribution in [-0.2, 0) is 27.9 Å². The van der Waals surface area contributed by atoms with E-state index in [-0.39, 0.29) is 17.4 Å². The molecule has 0 unspecified atom stereocenters. The molecule has 22 heavy (non-hydrogen) atoms. The maximum Gasteiger partial charge on any atom is 0.407 e. The molecule has 0 atom stereocenters. The van der Waals surface area contributed by atoms with Crippen molar-refractivity contribution >= 4 is 27.5 Å². The summed E-state index contributed by atoms with van der Waals surface area (Å²) < 4.78 is 31.1. The standard InChI is InChI=1S/C14H16N2O4S2/c1-15-22(18,19)13-12(7-8-21-13)9-16-14(17)20-10-11-5-3-2-4-6-11/h2-8,15H,9-10H2,1H3,(H,16,17). The average molecular weight is 340 g/mol. The molecule has 1 heterocycles. The summed E-state index contributed by atoms with van der Waals surface area (Å²) in [6.07, 6.45) is -0.595. The number of carbonyl (C=O) groups is 1. The van der Waals surface area contributed by atoms with Gasteiger partial charge in [0.15, 0.2) is 0 Å². The number of hydrogen-bond acceptors (Lipinski definition) is 5. The highest BCUT2D eigenvalue weighted by molar-refractivity contribution is 7.91. The van der Waals surface area contributed by atoms with E-state index in [9.17, 15) is 13.2 Å². The van der Waals surface area contributed by atoms with Crippen molar-refractivity contribution < 1.29 is 17.9 Å². The summed E-state index contributed by atoms with van der Waals surface area (Å²) >= 11 is 1.10. The van der Waals surface area contributed by atoms with Gasteiger partial charge in [0.2, 0.25) is 10.0 Å². The van der Waals surface area contributed by atoms with E-state index in [4.69, 9.17) is 4.74 Å². The number of nitrogens with one attached hydrogen (secondary N) is 2. The van der Waals surface area contributed by atoms with Crippen LogP contribution in [0.3, 0.4) is 0 Å². The number of thiophene rings is 1. The molecule has 1 aromatic carbocycles. The molecule has 0 fully saturated rings. The van der Waals surface area contributed by atoms with Gasteiger partial charge in [-0.15, -0.1) is 11.3 Å². The number of alkyl carbamates (subject to hydrolysis) is 1. The van der Waals surface area contributed by atoms with Crippen LogP contribution in [-0.4, -0.2) is 21.6 Å². The first-order valence-corrected chi connectivity index (χ1v) is 8.83. The lowest BCUT2D eigenvalue weighted by molar-refractivity contribution is 0.139. The fourth-order valence-corrected chi connectivity index (χ4v) is 3.96. The van der Waals surface area contributed by atoms with Gasteiger partial charge in [0, 0.05) is 12.1 Å². The highest BCUT2D eigenvalue weighted by atomic mass is 32.2. The summed E-state index contributed by atoms with van der Waals surface area (Å²) in [7, 11) is -2.16. The number of carbonyl (C=O) groups excluding carboxylic acids is 1. The van der Waals surface area contributed by atoms with Crippen LogP contribution < -0.4 is 10.0 Å². The zero-order valence-electron chi connectivity index (χ0n) is 11.9. The van der Waals surface area contributed by atoms with Crippen molar-refractivity contribution in [3.63, 3.8) is 0 Å². The molecule has 8 heteroatoms. The number of amides is 1. The van der Waals surface area contributed by atoms with Crippen LogP contribution in [0.2, 0.25) is 0 Å². The zero-order valence-corrected chi connectivity index (χ0v) is 13.5. The maximum absolute atomic E-state index is 11.8. The molecule has 2 aromatic rings. The first kappa shape index (κ1) is 16.5. The van der Waals surface area contributed by atoms with Gasteiger partial charge in [0.1, 0.15) is 10.8 Å².